The molecule has 0 saturated heterocycles. The Morgan fingerprint density at radius 3 is 2.91 bits per heavy atom. The van der Waals surface area contributed by atoms with E-state index in [9.17, 15) is 4.79 Å². The third kappa shape index (κ3) is 4.91. The summed E-state index contributed by atoms with van der Waals surface area (Å²) < 4.78 is 7.68. The van der Waals surface area contributed by atoms with Gasteiger partial charge in [-0.15, -0.1) is 0 Å². The van der Waals surface area contributed by atoms with Gasteiger partial charge in [-0.3, -0.25) is 4.79 Å². The summed E-state index contributed by atoms with van der Waals surface area (Å²) in [6, 6.07) is 7.73. The molecule has 1 aliphatic carbocycles. The quantitative estimate of drug-likeness (QED) is 0.586. The van der Waals surface area contributed by atoms with Crippen LogP contribution in [0.2, 0.25) is 5.02 Å². The average Bonchev–Trinajstić information content (AvgIpc) is 3.29. The van der Waals surface area contributed by atoms with Crippen molar-refractivity contribution in [3.8, 4) is 5.75 Å². The standard InChI is InChI=1S/C16H18ClN3O2S/c17-12-1-5-14(6-2-12)22-10-8-18-15(21)11-23-16-19-7-9-20(16)13-3-4-13/h1-2,5-7,9,13H,3-4,8,10-11H2,(H,18,21). The minimum absolute atomic E-state index is 0.0138. The van der Waals surface area contributed by atoms with Crippen LogP contribution in [-0.4, -0.2) is 34.4 Å². The summed E-state index contributed by atoms with van der Waals surface area (Å²) in [6.45, 7) is 0.897. The van der Waals surface area contributed by atoms with E-state index in [0.717, 1.165) is 10.9 Å². The minimum Gasteiger partial charge on any atom is -0.492 e. The van der Waals surface area contributed by atoms with Crippen LogP contribution in [0.5, 0.6) is 5.75 Å². The fourth-order valence-electron chi connectivity index (χ4n) is 2.11. The summed E-state index contributed by atoms with van der Waals surface area (Å²) in [5.41, 5.74) is 0. The van der Waals surface area contributed by atoms with Crippen molar-refractivity contribution in [2.24, 2.45) is 0 Å². The third-order valence-electron chi connectivity index (χ3n) is 3.41. The van der Waals surface area contributed by atoms with Gasteiger partial charge in [0.1, 0.15) is 12.4 Å². The molecule has 1 amide bonds. The summed E-state index contributed by atoms with van der Waals surface area (Å²) in [5.74, 6) is 1.09. The van der Waals surface area contributed by atoms with E-state index in [-0.39, 0.29) is 5.91 Å². The number of nitrogens with one attached hydrogen (secondary N) is 1. The second kappa shape index (κ2) is 7.75. The van der Waals surface area contributed by atoms with Crippen molar-refractivity contribution in [2.45, 2.75) is 24.0 Å². The topological polar surface area (TPSA) is 56.2 Å². The maximum atomic E-state index is 11.8. The van der Waals surface area contributed by atoms with Gasteiger partial charge in [0.15, 0.2) is 5.16 Å². The Morgan fingerprint density at radius 2 is 2.17 bits per heavy atom. The molecule has 0 radical (unpaired) electrons. The Bertz CT molecular complexity index is 656. The largest absolute Gasteiger partial charge is 0.492 e. The van der Waals surface area contributed by atoms with Crippen LogP contribution in [0.15, 0.2) is 41.8 Å². The van der Waals surface area contributed by atoms with Gasteiger partial charge in [-0.05, 0) is 37.1 Å². The number of thioether (sulfide) groups is 1. The fraction of sp³-hybridized carbons (Fsp3) is 0.375. The molecular formula is C16H18ClN3O2S. The molecule has 2 aromatic rings. The number of ether oxygens (including phenoxy) is 1. The number of hydrogen-bond donors (Lipinski definition) is 1. The lowest BCUT2D eigenvalue weighted by atomic mass is 10.3. The number of rotatable bonds is 8. The van der Waals surface area contributed by atoms with Crippen molar-refractivity contribution >= 4 is 29.3 Å². The van der Waals surface area contributed by atoms with E-state index in [0.29, 0.717) is 30.0 Å². The van der Waals surface area contributed by atoms with Crippen LogP contribution in [0.25, 0.3) is 0 Å². The first-order valence-corrected chi connectivity index (χ1v) is 8.89. The van der Waals surface area contributed by atoms with E-state index in [1.807, 2.05) is 6.20 Å². The molecular weight excluding hydrogens is 334 g/mol. The number of carbonyl (C=O) groups is 1. The molecule has 0 atom stereocenters. The highest BCUT2D eigenvalue weighted by atomic mass is 35.5. The first-order valence-electron chi connectivity index (χ1n) is 7.53. The Labute approximate surface area is 144 Å². The molecule has 1 saturated carbocycles. The number of imidazole rings is 1. The number of hydrogen-bond acceptors (Lipinski definition) is 4. The maximum Gasteiger partial charge on any atom is 0.230 e. The normalized spacial score (nSPS) is 13.8. The first kappa shape index (κ1) is 16.2. The molecule has 1 aromatic carbocycles. The van der Waals surface area contributed by atoms with E-state index in [1.54, 1.807) is 30.5 Å². The lowest BCUT2D eigenvalue weighted by Gasteiger charge is -2.08. The van der Waals surface area contributed by atoms with Crippen LogP contribution in [0.3, 0.4) is 0 Å². The maximum absolute atomic E-state index is 11.8. The van der Waals surface area contributed by atoms with Crippen molar-refractivity contribution in [3.63, 3.8) is 0 Å². The van der Waals surface area contributed by atoms with Gasteiger partial charge in [0, 0.05) is 23.5 Å². The minimum atomic E-state index is -0.0138. The molecule has 0 bridgehead atoms. The second-order valence-electron chi connectivity index (χ2n) is 5.29. The van der Waals surface area contributed by atoms with Gasteiger partial charge in [-0.2, -0.15) is 0 Å². The fourth-order valence-corrected chi connectivity index (χ4v) is 3.10. The predicted molar refractivity (Wildman–Crippen MR) is 91.2 cm³/mol. The molecule has 0 unspecified atom stereocenters. The Kier molecular flexibility index (Phi) is 5.46. The molecule has 1 aromatic heterocycles. The molecule has 7 heteroatoms. The Morgan fingerprint density at radius 1 is 1.39 bits per heavy atom. The van der Waals surface area contributed by atoms with E-state index in [2.05, 4.69) is 14.9 Å². The smallest absolute Gasteiger partial charge is 0.230 e. The van der Waals surface area contributed by atoms with Crippen molar-refractivity contribution in [1.29, 1.82) is 0 Å². The van der Waals surface area contributed by atoms with Gasteiger partial charge in [-0.1, -0.05) is 23.4 Å². The highest BCUT2D eigenvalue weighted by Gasteiger charge is 2.25. The third-order valence-corrected chi connectivity index (χ3v) is 4.65. The summed E-state index contributed by atoms with van der Waals surface area (Å²) in [7, 11) is 0. The van der Waals surface area contributed by atoms with Crippen molar-refractivity contribution in [2.75, 3.05) is 18.9 Å². The molecule has 0 spiro atoms. The van der Waals surface area contributed by atoms with Gasteiger partial charge < -0.3 is 14.6 Å². The molecule has 1 aliphatic rings. The van der Waals surface area contributed by atoms with Gasteiger partial charge >= 0.3 is 0 Å². The number of aromatic nitrogens is 2. The molecule has 23 heavy (non-hydrogen) atoms. The summed E-state index contributed by atoms with van der Waals surface area (Å²) in [4.78, 5) is 16.2. The van der Waals surface area contributed by atoms with Crippen LogP contribution < -0.4 is 10.1 Å². The molecule has 5 nitrogen and oxygen atoms in total. The number of halogens is 1. The van der Waals surface area contributed by atoms with Crippen molar-refractivity contribution in [1.82, 2.24) is 14.9 Å². The summed E-state index contributed by atoms with van der Waals surface area (Å²) in [5, 5.41) is 4.43. The zero-order valence-electron chi connectivity index (χ0n) is 12.6. The summed E-state index contributed by atoms with van der Waals surface area (Å²) in [6.07, 6.45) is 6.19. The molecule has 122 valence electrons. The summed E-state index contributed by atoms with van der Waals surface area (Å²) >= 11 is 7.27. The van der Waals surface area contributed by atoms with E-state index < -0.39 is 0 Å². The van der Waals surface area contributed by atoms with Crippen LogP contribution in [0.1, 0.15) is 18.9 Å². The van der Waals surface area contributed by atoms with E-state index in [4.69, 9.17) is 16.3 Å². The Balaban J connectivity index is 1.33. The average molecular weight is 352 g/mol. The van der Waals surface area contributed by atoms with Crippen LogP contribution in [-0.2, 0) is 4.79 Å². The van der Waals surface area contributed by atoms with Gasteiger partial charge in [0.25, 0.3) is 0 Å². The molecule has 0 aliphatic heterocycles. The number of benzene rings is 1. The van der Waals surface area contributed by atoms with Gasteiger partial charge in [0.2, 0.25) is 5.91 Å². The van der Waals surface area contributed by atoms with Crippen LogP contribution in [0.4, 0.5) is 0 Å². The highest BCUT2D eigenvalue weighted by Crippen LogP contribution is 2.37. The monoisotopic (exact) mass is 351 g/mol. The number of carbonyl (C=O) groups excluding carboxylic acids is 1. The van der Waals surface area contributed by atoms with E-state index in [1.165, 1.54) is 24.6 Å². The predicted octanol–water partition coefficient (Wildman–Crippen LogP) is 3.16. The lowest BCUT2D eigenvalue weighted by Crippen LogP contribution is -2.29. The molecule has 3 rings (SSSR count). The SMILES string of the molecule is O=C(CSc1nccn1C1CC1)NCCOc1ccc(Cl)cc1. The molecule has 1 heterocycles. The number of amides is 1. The van der Waals surface area contributed by atoms with E-state index >= 15 is 0 Å². The molecule has 1 fully saturated rings. The first-order chi connectivity index (χ1) is 11.2. The van der Waals surface area contributed by atoms with Crippen molar-refractivity contribution in [3.05, 3.63) is 41.7 Å². The molecule has 1 N–H and O–H groups in total. The Hall–Kier alpha value is -1.66. The highest BCUT2D eigenvalue weighted by molar-refractivity contribution is 7.99. The lowest BCUT2D eigenvalue weighted by molar-refractivity contribution is -0.118. The van der Waals surface area contributed by atoms with Gasteiger partial charge in [-0.25, -0.2) is 4.98 Å². The van der Waals surface area contributed by atoms with Gasteiger partial charge in [0.05, 0.1) is 12.3 Å². The van der Waals surface area contributed by atoms with Crippen LogP contribution in [0, 0.1) is 0 Å². The van der Waals surface area contributed by atoms with Crippen molar-refractivity contribution < 1.29 is 9.53 Å². The number of nitrogens with zero attached hydrogens (tertiary/aromatic N) is 2. The zero-order chi connectivity index (χ0) is 16.1. The second-order valence-corrected chi connectivity index (χ2v) is 6.67. The zero-order valence-corrected chi connectivity index (χ0v) is 14.1. The van der Waals surface area contributed by atoms with Crippen LogP contribution >= 0.6 is 23.4 Å².